The Morgan fingerprint density at radius 1 is 1.53 bits per heavy atom. The van der Waals surface area contributed by atoms with Gasteiger partial charge in [0, 0.05) is 31.7 Å². The zero-order chi connectivity index (χ0) is 10.7. The van der Waals surface area contributed by atoms with Gasteiger partial charge < -0.3 is 5.32 Å². The van der Waals surface area contributed by atoms with Crippen LogP contribution in [0.15, 0.2) is 11.4 Å². The molecule has 0 radical (unpaired) electrons. The van der Waals surface area contributed by atoms with Crippen LogP contribution in [-0.4, -0.2) is 43.4 Å². The molecule has 0 spiro atoms. The van der Waals surface area contributed by atoms with E-state index in [9.17, 15) is 4.79 Å². The van der Waals surface area contributed by atoms with E-state index in [-0.39, 0.29) is 5.78 Å². The molecule has 1 aromatic rings. The predicted molar refractivity (Wildman–Crippen MR) is 63.0 cm³/mol. The Kier molecular flexibility index (Phi) is 3.75. The second-order valence-electron chi connectivity index (χ2n) is 3.56. The SMILES string of the molecule is O=C(CN1CCNCC1)c1ccsc1Cl. The number of carbonyl (C=O) groups is 1. The fourth-order valence-corrected chi connectivity index (χ4v) is 2.61. The molecular formula is C10H13ClN2OS. The zero-order valence-corrected chi connectivity index (χ0v) is 9.90. The van der Waals surface area contributed by atoms with Crippen molar-refractivity contribution in [2.45, 2.75) is 0 Å². The highest BCUT2D eigenvalue weighted by Gasteiger charge is 2.17. The molecule has 0 saturated carbocycles. The van der Waals surface area contributed by atoms with Crippen LogP contribution in [0.25, 0.3) is 0 Å². The number of nitrogens with zero attached hydrogens (tertiary/aromatic N) is 1. The lowest BCUT2D eigenvalue weighted by atomic mass is 10.2. The van der Waals surface area contributed by atoms with Crippen LogP contribution < -0.4 is 5.32 Å². The molecular weight excluding hydrogens is 232 g/mol. The first-order valence-corrected chi connectivity index (χ1v) is 6.22. The van der Waals surface area contributed by atoms with Crippen LogP contribution in [0.1, 0.15) is 10.4 Å². The maximum absolute atomic E-state index is 11.9. The number of piperazine rings is 1. The summed E-state index contributed by atoms with van der Waals surface area (Å²) in [7, 11) is 0. The Bertz CT molecular complexity index is 347. The Hall–Kier alpha value is -0.420. The summed E-state index contributed by atoms with van der Waals surface area (Å²) in [5, 5.41) is 5.11. The van der Waals surface area contributed by atoms with Gasteiger partial charge in [0.25, 0.3) is 0 Å². The third-order valence-corrected chi connectivity index (χ3v) is 3.67. The first-order chi connectivity index (χ1) is 7.27. The van der Waals surface area contributed by atoms with Crippen molar-refractivity contribution in [2.75, 3.05) is 32.7 Å². The predicted octanol–water partition coefficient (Wildman–Crippen LogP) is 1.49. The lowest BCUT2D eigenvalue weighted by Crippen LogP contribution is -2.45. The average Bonchev–Trinajstić information content (AvgIpc) is 2.66. The summed E-state index contributed by atoms with van der Waals surface area (Å²) in [4.78, 5) is 14.0. The van der Waals surface area contributed by atoms with E-state index in [1.54, 1.807) is 6.07 Å². The molecule has 3 nitrogen and oxygen atoms in total. The van der Waals surface area contributed by atoms with Crippen molar-refractivity contribution < 1.29 is 4.79 Å². The fourth-order valence-electron chi connectivity index (χ4n) is 1.65. The molecule has 1 aliphatic rings. The second kappa shape index (κ2) is 5.07. The number of hydrogen-bond donors (Lipinski definition) is 1. The number of carbonyl (C=O) groups excluding carboxylic acids is 1. The van der Waals surface area contributed by atoms with Crippen molar-refractivity contribution >= 4 is 28.7 Å². The standard InChI is InChI=1S/C10H13ClN2OS/c11-10-8(1-6-15-10)9(14)7-13-4-2-12-3-5-13/h1,6,12H,2-5,7H2. The van der Waals surface area contributed by atoms with E-state index < -0.39 is 0 Å². The monoisotopic (exact) mass is 244 g/mol. The van der Waals surface area contributed by atoms with Gasteiger partial charge in [-0.15, -0.1) is 11.3 Å². The van der Waals surface area contributed by atoms with Crippen molar-refractivity contribution in [1.29, 1.82) is 0 Å². The number of halogens is 1. The number of thiophene rings is 1. The van der Waals surface area contributed by atoms with Gasteiger partial charge in [0.2, 0.25) is 0 Å². The molecule has 1 fully saturated rings. The summed E-state index contributed by atoms with van der Waals surface area (Å²) < 4.78 is 0.607. The first kappa shape index (κ1) is 11.1. The van der Waals surface area contributed by atoms with Crippen molar-refractivity contribution in [1.82, 2.24) is 10.2 Å². The largest absolute Gasteiger partial charge is 0.314 e. The number of hydrogen-bond acceptors (Lipinski definition) is 4. The van der Waals surface area contributed by atoms with Gasteiger partial charge in [-0.3, -0.25) is 9.69 Å². The third-order valence-electron chi connectivity index (χ3n) is 2.50. The highest BCUT2D eigenvalue weighted by molar-refractivity contribution is 7.14. The normalized spacial score (nSPS) is 17.9. The summed E-state index contributed by atoms with van der Waals surface area (Å²) in [6, 6.07) is 1.80. The van der Waals surface area contributed by atoms with Gasteiger partial charge in [-0.1, -0.05) is 11.6 Å². The van der Waals surface area contributed by atoms with E-state index in [2.05, 4.69) is 10.2 Å². The lowest BCUT2D eigenvalue weighted by molar-refractivity contribution is 0.0922. The summed E-state index contributed by atoms with van der Waals surface area (Å²) in [5.41, 5.74) is 0.667. The molecule has 0 bridgehead atoms. The Labute approximate surface area is 98.0 Å². The second-order valence-corrected chi connectivity index (χ2v) is 5.08. The minimum Gasteiger partial charge on any atom is -0.314 e. The molecule has 2 rings (SSSR count). The molecule has 1 aromatic heterocycles. The molecule has 0 aliphatic carbocycles. The van der Waals surface area contributed by atoms with E-state index in [4.69, 9.17) is 11.6 Å². The van der Waals surface area contributed by atoms with Crippen LogP contribution in [0.3, 0.4) is 0 Å². The quantitative estimate of drug-likeness (QED) is 0.818. The van der Waals surface area contributed by atoms with Gasteiger partial charge in [0.05, 0.1) is 6.54 Å². The molecule has 5 heteroatoms. The molecule has 0 amide bonds. The molecule has 0 aromatic carbocycles. The van der Waals surface area contributed by atoms with Gasteiger partial charge in [-0.05, 0) is 11.4 Å². The molecule has 0 unspecified atom stereocenters. The highest BCUT2D eigenvalue weighted by Crippen LogP contribution is 2.23. The Morgan fingerprint density at radius 2 is 2.27 bits per heavy atom. The van der Waals surface area contributed by atoms with Crippen LogP contribution in [0.5, 0.6) is 0 Å². The van der Waals surface area contributed by atoms with E-state index in [1.165, 1.54) is 11.3 Å². The summed E-state index contributed by atoms with van der Waals surface area (Å²) in [5.74, 6) is 0.128. The first-order valence-electron chi connectivity index (χ1n) is 4.96. The molecule has 1 aliphatic heterocycles. The van der Waals surface area contributed by atoms with E-state index >= 15 is 0 Å². The smallest absolute Gasteiger partial charge is 0.179 e. The summed E-state index contributed by atoms with van der Waals surface area (Å²) in [6.07, 6.45) is 0. The summed E-state index contributed by atoms with van der Waals surface area (Å²) in [6.45, 7) is 4.29. The highest BCUT2D eigenvalue weighted by atomic mass is 35.5. The van der Waals surface area contributed by atoms with Crippen molar-refractivity contribution in [3.05, 3.63) is 21.3 Å². The minimum atomic E-state index is 0.128. The van der Waals surface area contributed by atoms with E-state index in [1.807, 2.05) is 5.38 Å². The average molecular weight is 245 g/mol. The van der Waals surface area contributed by atoms with Gasteiger partial charge in [-0.2, -0.15) is 0 Å². The van der Waals surface area contributed by atoms with Crippen molar-refractivity contribution in [3.8, 4) is 0 Å². The van der Waals surface area contributed by atoms with Crippen molar-refractivity contribution in [3.63, 3.8) is 0 Å². The minimum absolute atomic E-state index is 0.128. The van der Waals surface area contributed by atoms with Gasteiger partial charge in [0.1, 0.15) is 4.34 Å². The molecule has 1 N–H and O–H groups in total. The summed E-state index contributed by atoms with van der Waals surface area (Å²) >= 11 is 7.33. The van der Waals surface area contributed by atoms with E-state index in [0.29, 0.717) is 16.4 Å². The number of Topliss-reactive ketones (excluding diaryl/α,β-unsaturated/α-hetero) is 1. The van der Waals surface area contributed by atoms with E-state index in [0.717, 1.165) is 26.2 Å². The van der Waals surface area contributed by atoms with Crippen molar-refractivity contribution in [2.24, 2.45) is 0 Å². The topological polar surface area (TPSA) is 32.3 Å². The molecule has 0 atom stereocenters. The molecule has 82 valence electrons. The number of ketones is 1. The molecule has 2 heterocycles. The molecule has 1 saturated heterocycles. The van der Waals surface area contributed by atoms with Gasteiger partial charge >= 0.3 is 0 Å². The van der Waals surface area contributed by atoms with Crippen LogP contribution in [0, 0.1) is 0 Å². The Morgan fingerprint density at radius 3 is 2.87 bits per heavy atom. The number of rotatable bonds is 3. The van der Waals surface area contributed by atoms with Gasteiger partial charge in [0.15, 0.2) is 5.78 Å². The Balaban J connectivity index is 1.94. The maximum atomic E-state index is 11.9. The zero-order valence-electron chi connectivity index (χ0n) is 8.33. The molecule has 15 heavy (non-hydrogen) atoms. The van der Waals surface area contributed by atoms with Crippen LogP contribution >= 0.6 is 22.9 Å². The van der Waals surface area contributed by atoms with Crippen LogP contribution in [0.4, 0.5) is 0 Å². The fraction of sp³-hybridized carbons (Fsp3) is 0.500. The lowest BCUT2D eigenvalue weighted by Gasteiger charge is -2.26. The maximum Gasteiger partial charge on any atom is 0.179 e. The van der Waals surface area contributed by atoms with Gasteiger partial charge in [-0.25, -0.2) is 0 Å². The van der Waals surface area contributed by atoms with Crippen LogP contribution in [-0.2, 0) is 0 Å². The number of nitrogens with one attached hydrogen (secondary N) is 1. The van der Waals surface area contributed by atoms with Crippen LogP contribution in [0.2, 0.25) is 4.34 Å². The third kappa shape index (κ3) is 2.78.